The molecule has 0 unspecified atom stereocenters. The van der Waals surface area contributed by atoms with Gasteiger partial charge in [0.2, 0.25) is 5.91 Å². The molecule has 0 aliphatic heterocycles. The number of hydrogen-bond donors (Lipinski definition) is 2. The van der Waals surface area contributed by atoms with Crippen LogP contribution in [0.4, 0.5) is 4.39 Å². The van der Waals surface area contributed by atoms with Gasteiger partial charge >= 0.3 is 0 Å². The summed E-state index contributed by atoms with van der Waals surface area (Å²) in [5.74, 6) is -0.416. The second-order valence-electron chi connectivity index (χ2n) is 4.03. The van der Waals surface area contributed by atoms with Crippen molar-refractivity contribution < 1.29 is 9.18 Å². The van der Waals surface area contributed by atoms with Crippen LogP contribution in [-0.2, 0) is 11.3 Å². The Kier molecular flexibility index (Phi) is 6.32. The van der Waals surface area contributed by atoms with Crippen LogP contribution in [-0.4, -0.2) is 37.0 Å². The number of halogens is 1. The van der Waals surface area contributed by atoms with Gasteiger partial charge in [0.1, 0.15) is 5.82 Å². The fraction of sp³-hybridized carbons (Fsp3) is 0.462. The summed E-state index contributed by atoms with van der Waals surface area (Å²) in [7, 11) is 0. The van der Waals surface area contributed by atoms with Gasteiger partial charge < -0.3 is 11.1 Å². The van der Waals surface area contributed by atoms with E-state index in [0.717, 1.165) is 6.54 Å². The minimum atomic E-state index is -0.299. The number of likely N-dealkylation sites (N-methyl/N-ethyl adjacent to an activating group) is 1. The van der Waals surface area contributed by atoms with Crippen molar-refractivity contribution in [2.24, 2.45) is 5.73 Å². The van der Waals surface area contributed by atoms with Gasteiger partial charge in [0.15, 0.2) is 0 Å². The number of nitrogens with zero attached hydrogens (tertiary/aromatic N) is 1. The Morgan fingerprint density at radius 1 is 1.44 bits per heavy atom. The lowest BCUT2D eigenvalue weighted by atomic mass is 10.2. The van der Waals surface area contributed by atoms with Gasteiger partial charge in [0.05, 0.1) is 6.54 Å². The Labute approximate surface area is 107 Å². The Hall–Kier alpha value is -1.46. The molecule has 100 valence electrons. The molecule has 0 atom stereocenters. The van der Waals surface area contributed by atoms with Crippen LogP contribution in [0.2, 0.25) is 0 Å². The number of hydrogen-bond acceptors (Lipinski definition) is 3. The van der Waals surface area contributed by atoms with E-state index in [1.807, 2.05) is 11.8 Å². The highest BCUT2D eigenvalue weighted by Crippen LogP contribution is 2.05. The van der Waals surface area contributed by atoms with Gasteiger partial charge in [-0.15, -0.1) is 0 Å². The van der Waals surface area contributed by atoms with Crippen molar-refractivity contribution in [3.63, 3.8) is 0 Å². The molecule has 0 fully saturated rings. The Bertz CT molecular complexity index is 384. The molecule has 18 heavy (non-hydrogen) atoms. The fourth-order valence-electron chi connectivity index (χ4n) is 1.63. The summed E-state index contributed by atoms with van der Waals surface area (Å²) in [4.78, 5) is 13.6. The molecule has 0 saturated carbocycles. The van der Waals surface area contributed by atoms with E-state index in [4.69, 9.17) is 5.73 Å². The van der Waals surface area contributed by atoms with Crippen molar-refractivity contribution in [3.05, 3.63) is 35.6 Å². The largest absolute Gasteiger partial charge is 0.351 e. The molecule has 0 bridgehead atoms. The van der Waals surface area contributed by atoms with Crippen LogP contribution in [0.1, 0.15) is 12.5 Å². The van der Waals surface area contributed by atoms with E-state index < -0.39 is 0 Å². The van der Waals surface area contributed by atoms with Crippen molar-refractivity contribution in [1.82, 2.24) is 10.2 Å². The lowest BCUT2D eigenvalue weighted by molar-refractivity contribution is -0.122. The third-order valence-corrected chi connectivity index (χ3v) is 2.69. The van der Waals surface area contributed by atoms with Crippen LogP contribution in [0.25, 0.3) is 0 Å². The fourth-order valence-corrected chi connectivity index (χ4v) is 1.63. The topological polar surface area (TPSA) is 58.4 Å². The van der Waals surface area contributed by atoms with Gasteiger partial charge in [-0.05, 0) is 12.6 Å². The van der Waals surface area contributed by atoms with E-state index >= 15 is 0 Å². The standard InChI is InChI=1S/C13H20FN3O/c1-2-17(8-7-15)10-13(18)16-9-11-5-3-4-6-12(11)14/h3-6H,2,7-10,15H2,1H3,(H,16,18). The Morgan fingerprint density at radius 3 is 2.78 bits per heavy atom. The number of amides is 1. The van der Waals surface area contributed by atoms with Crippen LogP contribution in [0.5, 0.6) is 0 Å². The van der Waals surface area contributed by atoms with Gasteiger partial charge in [0.25, 0.3) is 0 Å². The van der Waals surface area contributed by atoms with Gasteiger partial charge in [-0.25, -0.2) is 4.39 Å². The third-order valence-electron chi connectivity index (χ3n) is 2.69. The summed E-state index contributed by atoms with van der Waals surface area (Å²) < 4.78 is 13.3. The molecule has 3 N–H and O–H groups in total. The summed E-state index contributed by atoms with van der Waals surface area (Å²) in [6.07, 6.45) is 0. The van der Waals surface area contributed by atoms with E-state index in [2.05, 4.69) is 5.32 Å². The first-order valence-electron chi connectivity index (χ1n) is 6.10. The maximum atomic E-state index is 13.3. The van der Waals surface area contributed by atoms with E-state index in [1.165, 1.54) is 6.07 Å². The maximum Gasteiger partial charge on any atom is 0.234 e. The molecule has 4 nitrogen and oxygen atoms in total. The van der Waals surface area contributed by atoms with Gasteiger partial charge in [0, 0.05) is 25.2 Å². The molecule has 5 heteroatoms. The number of carbonyl (C=O) groups is 1. The molecule has 1 rings (SSSR count). The van der Waals surface area contributed by atoms with E-state index in [9.17, 15) is 9.18 Å². The summed E-state index contributed by atoms with van der Waals surface area (Å²) in [6.45, 7) is 4.45. The van der Waals surface area contributed by atoms with Gasteiger partial charge in [-0.2, -0.15) is 0 Å². The van der Waals surface area contributed by atoms with Crippen molar-refractivity contribution in [2.45, 2.75) is 13.5 Å². The predicted molar refractivity (Wildman–Crippen MR) is 69.4 cm³/mol. The highest BCUT2D eigenvalue weighted by Gasteiger charge is 2.08. The molecule has 0 aliphatic carbocycles. The second kappa shape index (κ2) is 7.79. The number of benzene rings is 1. The molecule has 0 spiro atoms. The van der Waals surface area contributed by atoms with Crippen LogP contribution in [0.3, 0.4) is 0 Å². The molecule has 0 aromatic heterocycles. The van der Waals surface area contributed by atoms with Crippen LogP contribution in [0, 0.1) is 5.82 Å². The molecule has 0 radical (unpaired) electrons. The summed E-state index contributed by atoms with van der Waals surface area (Å²) in [5, 5.41) is 2.70. The zero-order valence-corrected chi connectivity index (χ0v) is 10.7. The molecular formula is C13H20FN3O. The average Bonchev–Trinajstić information content (AvgIpc) is 2.37. The lowest BCUT2D eigenvalue weighted by Gasteiger charge is -2.18. The van der Waals surface area contributed by atoms with Crippen molar-refractivity contribution in [3.8, 4) is 0 Å². The summed E-state index contributed by atoms with van der Waals surface area (Å²) in [6, 6.07) is 6.42. The predicted octanol–water partition coefficient (Wildman–Crippen LogP) is 0.723. The summed E-state index contributed by atoms with van der Waals surface area (Å²) in [5.41, 5.74) is 5.94. The third kappa shape index (κ3) is 4.81. The number of carbonyl (C=O) groups excluding carboxylic acids is 1. The number of nitrogens with one attached hydrogen (secondary N) is 1. The van der Waals surface area contributed by atoms with Crippen LogP contribution in [0.15, 0.2) is 24.3 Å². The molecule has 1 aromatic rings. The Balaban J connectivity index is 2.39. The molecule has 0 saturated heterocycles. The zero-order valence-electron chi connectivity index (χ0n) is 10.7. The van der Waals surface area contributed by atoms with Crippen molar-refractivity contribution in [1.29, 1.82) is 0 Å². The first-order valence-corrected chi connectivity index (χ1v) is 6.10. The first-order chi connectivity index (χ1) is 8.67. The van der Waals surface area contributed by atoms with Gasteiger partial charge in [-0.1, -0.05) is 25.1 Å². The highest BCUT2D eigenvalue weighted by atomic mass is 19.1. The summed E-state index contributed by atoms with van der Waals surface area (Å²) >= 11 is 0. The normalized spacial score (nSPS) is 10.7. The highest BCUT2D eigenvalue weighted by molar-refractivity contribution is 5.78. The first kappa shape index (κ1) is 14.6. The SMILES string of the molecule is CCN(CCN)CC(=O)NCc1ccccc1F. The molecule has 0 aliphatic rings. The molecule has 1 amide bonds. The zero-order chi connectivity index (χ0) is 13.4. The minimum Gasteiger partial charge on any atom is -0.351 e. The number of rotatable bonds is 7. The minimum absolute atomic E-state index is 0.117. The molecular weight excluding hydrogens is 233 g/mol. The quantitative estimate of drug-likeness (QED) is 0.753. The van der Waals surface area contributed by atoms with Crippen molar-refractivity contribution >= 4 is 5.91 Å². The van der Waals surface area contributed by atoms with Gasteiger partial charge in [-0.3, -0.25) is 9.69 Å². The number of nitrogens with two attached hydrogens (primary N) is 1. The average molecular weight is 253 g/mol. The maximum absolute atomic E-state index is 13.3. The smallest absolute Gasteiger partial charge is 0.234 e. The van der Waals surface area contributed by atoms with E-state index in [1.54, 1.807) is 18.2 Å². The molecule has 0 heterocycles. The van der Waals surface area contributed by atoms with Crippen molar-refractivity contribution in [2.75, 3.05) is 26.2 Å². The van der Waals surface area contributed by atoms with E-state index in [-0.39, 0.29) is 18.3 Å². The second-order valence-corrected chi connectivity index (χ2v) is 4.03. The Morgan fingerprint density at radius 2 is 2.17 bits per heavy atom. The van der Waals surface area contributed by atoms with Crippen LogP contribution >= 0.6 is 0 Å². The van der Waals surface area contributed by atoms with Crippen LogP contribution < -0.4 is 11.1 Å². The van der Waals surface area contributed by atoms with E-state index in [0.29, 0.717) is 25.2 Å². The monoisotopic (exact) mass is 253 g/mol. The lowest BCUT2D eigenvalue weighted by Crippen LogP contribution is -2.39. The molecule has 1 aromatic carbocycles.